The predicted molar refractivity (Wildman–Crippen MR) is 148 cm³/mol. The fourth-order valence-corrected chi connectivity index (χ4v) is 4.45. The third-order valence-corrected chi connectivity index (χ3v) is 6.51. The summed E-state index contributed by atoms with van der Waals surface area (Å²) in [6.07, 6.45) is 1.70. The number of hydrogen-bond donors (Lipinski definition) is 0. The first kappa shape index (κ1) is 24.1. The van der Waals surface area contributed by atoms with Crippen molar-refractivity contribution in [3.8, 4) is 11.4 Å². The Labute approximate surface area is 216 Å². The lowest BCUT2D eigenvalue weighted by Crippen LogP contribution is -2.38. The Morgan fingerprint density at radius 1 is 0.649 bits per heavy atom. The van der Waals surface area contributed by atoms with Crippen molar-refractivity contribution < 1.29 is 9.59 Å². The molecular formula is C32H27N3O2. The van der Waals surface area contributed by atoms with Gasteiger partial charge in [-0.3, -0.25) is 14.6 Å². The second kappa shape index (κ2) is 9.78. The molecule has 182 valence electrons. The van der Waals surface area contributed by atoms with Crippen LogP contribution in [0.4, 0.5) is 5.82 Å². The van der Waals surface area contributed by atoms with Gasteiger partial charge in [-0.15, -0.1) is 0 Å². The molecule has 0 aliphatic rings. The van der Waals surface area contributed by atoms with Crippen molar-refractivity contribution in [2.24, 2.45) is 0 Å². The van der Waals surface area contributed by atoms with E-state index in [1.807, 2.05) is 113 Å². The van der Waals surface area contributed by atoms with Crippen LogP contribution in [-0.4, -0.2) is 21.8 Å². The van der Waals surface area contributed by atoms with Gasteiger partial charge in [-0.25, -0.2) is 9.88 Å². The fraction of sp³-hybridized carbons (Fsp3) is 0.125. The monoisotopic (exact) mass is 485 g/mol. The average Bonchev–Trinajstić information content (AvgIpc) is 2.91. The van der Waals surface area contributed by atoms with E-state index < -0.39 is 11.8 Å². The van der Waals surface area contributed by atoms with E-state index in [0.29, 0.717) is 27.9 Å². The third-order valence-electron chi connectivity index (χ3n) is 6.51. The molecule has 0 radical (unpaired) electrons. The number of rotatable bonds is 4. The Morgan fingerprint density at radius 3 is 1.84 bits per heavy atom. The topological polar surface area (TPSA) is 63.2 Å². The van der Waals surface area contributed by atoms with Crippen molar-refractivity contribution in [3.05, 3.63) is 125 Å². The van der Waals surface area contributed by atoms with Gasteiger partial charge in [0, 0.05) is 22.7 Å². The van der Waals surface area contributed by atoms with E-state index in [1.165, 1.54) is 4.90 Å². The summed E-state index contributed by atoms with van der Waals surface area (Å²) >= 11 is 0. The van der Waals surface area contributed by atoms with Crippen LogP contribution in [0, 0.1) is 27.7 Å². The van der Waals surface area contributed by atoms with E-state index in [0.717, 1.165) is 27.6 Å². The molecule has 37 heavy (non-hydrogen) atoms. The number of amides is 2. The van der Waals surface area contributed by atoms with Crippen molar-refractivity contribution in [1.82, 2.24) is 9.97 Å². The van der Waals surface area contributed by atoms with Crippen molar-refractivity contribution in [1.29, 1.82) is 0 Å². The zero-order valence-electron chi connectivity index (χ0n) is 21.3. The van der Waals surface area contributed by atoms with Crippen molar-refractivity contribution in [2.45, 2.75) is 27.7 Å². The van der Waals surface area contributed by atoms with Crippen LogP contribution in [0.3, 0.4) is 0 Å². The van der Waals surface area contributed by atoms with Gasteiger partial charge in [-0.05, 0) is 74.5 Å². The van der Waals surface area contributed by atoms with E-state index >= 15 is 0 Å². The number of aryl methyl sites for hydroxylation is 4. The average molecular weight is 486 g/mol. The van der Waals surface area contributed by atoms with Crippen LogP contribution in [0.2, 0.25) is 0 Å². The third kappa shape index (κ3) is 4.64. The molecule has 0 saturated heterocycles. The molecule has 5 heteroatoms. The molecule has 0 N–H and O–H groups in total. The van der Waals surface area contributed by atoms with Gasteiger partial charge < -0.3 is 0 Å². The normalized spacial score (nSPS) is 10.9. The summed E-state index contributed by atoms with van der Waals surface area (Å²) in [7, 11) is 0. The molecule has 5 nitrogen and oxygen atoms in total. The van der Waals surface area contributed by atoms with Crippen LogP contribution in [0.15, 0.2) is 91.1 Å². The first-order valence-electron chi connectivity index (χ1n) is 12.2. The Bertz CT molecular complexity index is 1590. The van der Waals surface area contributed by atoms with Gasteiger partial charge in [0.1, 0.15) is 0 Å². The number of anilines is 1. The fourth-order valence-electron chi connectivity index (χ4n) is 4.45. The highest BCUT2D eigenvalue weighted by atomic mass is 16.2. The quantitative estimate of drug-likeness (QED) is 0.257. The summed E-state index contributed by atoms with van der Waals surface area (Å²) in [5, 5.41) is 1.57. The second-order valence-corrected chi connectivity index (χ2v) is 9.35. The molecule has 2 heterocycles. The zero-order chi connectivity index (χ0) is 26.1. The number of pyridine rings is 2. The molecule has 5 aromatic rings. The van der Waals surface area contributed by atoms with Gasteiger partial charge in [-0.2, -0.15) is 0 Å². The second-order valence-electron chi connectivity index (χ2n) is 9.35. The Morgan fingerprint density at radius 2 is 1.24 bits per heavy atom. The molecule has 0 aliphatic carbocycles. The lowest BCUT2D eigenvalue weighted by Gasteiger charge is -2.24. The summed E-state index contributed by atoms with van der Waals surface area (Å²) in [5.74, 6) is -0.540. The molecule has 0 unspecified atom stereocenters. The Balaban J connectivity index is 1.80. The molecule has 2 aromatic heterocycles. The number of aromatic nitrogens is 2. The van der Waals surface area contributed by atoms with Gasteiger partial charge in [-0.1, -0.05) is 65.7 Å². The standard InChI is InChI=1S/C32H27N3O2/c1-20-12-14-22(3)26(17-20)31(36)35(32(37)27-18-21(2)13-15-23(27)4)30-25-10-6-5-9-24(25)19-29(34-30)28-11-7-8-16-33-28/h5-19H,1-4H3. The smallest absolute Gasteiger partial charge is 0.266 e. The van der Waals surface area contributed by atoms with E-state index in [-0.39, 0.29) is 5.82 Å². The molecule has 3 aromatic carbocycles. The first-order chi connectivity index (χ1) is 17.8. The Hall–Kier alpha value is -4.64. The number of carbonyl (C=O) groups excluding carboxylic acids is 2. The largest absolute Gasteiger partial charge is 0.268 e. The van der Waals surface area contributed by atoms with E-state index in [4.69, 9.17) is 4.98 Å². The van der Waals surface area contributed by atoms with Crippen LogP contribution >= 0.6 is 0 Å². The van der Waals surface area contributed by atoms with Gasteiger partial charge in [0.2, 0.25) is 0 Å². The minimum atomic E-state index is -0.414. The summed E-state index contributed by atoms with van der Waals surface area (Å²) in [6, 6.07) is 26.6. The van der Waals surface area contributed by atoms with Crippen LogP contribution in [-0.2, 0) is 0 Å². The van der Waals surface area contributed by atoms with Crippen LogP contribution < -0.4 is 4.90 Å². The molecule has 0 spiro atoms. The summed E-state index contributed by atoms with van der Waals surface area (Å²) in [6.45, 7) is 7.62. The summed E-state index contributed by atoms with van der Waals surface area (Å²) in [5.41, 5.74) is 5.63. The number of carbonyl (C=O) groups is 2. The van der Waals surface area contributed by atoms with Gasteiger partial charge in [0.05, 0.1) is 11.4 Å². The summed E-state index contributed by atoms with van der Waals surface area (Å²) < 4.78 is 0. The number of benzene rings is 3. The number of hydrogen-bond acceptors (Lipinski definition) is 4. The maximum absolute atomic E-state index is 14.3. The van der Waals surface area contributed by atoms with E-state index in [2.05, 4.69) is 4.98 Å². The van der Waals surface area contributed by atoms with E-state index in [9.17, 15) is 9.59 Å². The molecule has 0 bridgehead atoms. The number of nitrogens with zero attached hydrogens (tertiary/aromatic N) is 3. The van der Waals surface area contributed by atoms with Crippen molar-refractivity contribution in [3.63, 3.8) is 0 Å². The maximum Gasteiger partial charge on any atom is 0.266 e. The minimum absolute atomic E-state index is 0.288. The summed E-state index contributed by atoms with van der Waals surface area (Å²) in [4.78, 5) is 39.1. The molecule has 0 atom stereocenters. The minimum Gasteiger partial charge on any atom is -0.268 e. The SMILES string of the molecule is Cc1ccc(C)c(C(=O)N(C(=O)c2cc(C)ccc2C)c2nc(-c3ccccn3)cc3ccccc23)c1. The highest BCUT2D eigenvalue weighted by Gasteiger charge is 2.31. The van der Waals surface area contributed by atoms with Gasteiger partial charge in [0.25, 0.3) is 11.8 Å². The highest BCUT2D eigenvalue weighted by Crippen LogP contribution is 2.32. The predicted octanol–water partition coefficient (Wildman–Crippen LogP) is 7.02. The molecular weight excluding hydrogens is 458 g/mol. The molecule has 5 rings (SSSR count). The zero-order valence-corrected chi connectivity index (χ0v) is 21.3. The van der Waals surface area contributed by atoms with Crippen molar-refractivity contribution in [2.75, 3.05) is 4.90 Å². The number of fused-ring (bicyclic) bond motifs is 1. The molecule has 0 saturated carbocycles. The molecule has 0 aliphatic heterocycles. The van der Waals surface area contributed by atoms with Crippen LogP contribution in [0.5, 0.6) is 0 Å². The maximum atomic E-state index is 14.3. The number of imide groups is 1. The van der Waals surface area contributed by atoms with Crippen molar-refractivity contribution >= 4 is 28.4 Å². The van der Waals surface area contributed by atoms with Crippen LogP contribution in [0.25, 0.3) is 22.2 Å². The molecule has 2 amide bonds. The van der Waals surface area contributed by atoms with Gasteiger partial charge >= 0.3 is 0 Å². The highest BCUT2D eigenvalue weighted by molar-refractivity contribution is 6.28. The van der Waals surface area contributed by atoms with Crippen LogP contribution in [0.1, 0.15) is 43.0 Å². The lowest BCUT2D eigenvalue weighted by molar-refractivity contribution is 0.0896. The Kier molecular flexibility index (Phi) is 6.36. The first-order valence-corrected chi connectivity index (χ1v) is 12.2. The van der Waals surface area contributed by atoms with E-state index in [1.54, 1.807) is 6.20 Å². The van der Waals surface area contributed by atoms with Gasteiger partial charge in [0.15, 0.2) is 5.82 Å². The molecule has 0 fully saturated rings. The lowest BCUT2D eigenvalue weighted by atomic mass is 10.0.